The highest BCUT2D eigenvalue weighted by Crippen LogP contribution is 2.29. The van der Waals surface area contributed by atoms with Gasteiger partial charge in [0.2, 0.25) is 0 Å². The van der Waals surface area contributed by atoms with E-state index in [4.69, 9.17) is 0 Å². The fourth-order valence-corrected chi connectivity index (χ4v) is 2.32. The van der Waals surface area contributed by atoms with Crippen LogP contribution in [0.5, 0.6) is 0 Å². The van der Waals surface area contributed by atoms with Crippen molar-refractivity contribution >= 4 is 34.6 Å². The van der Waals surface area contributed by atoms with Gasteiger partial charge in [-0.3, -0.25) is 9.59 Å². The number of hydrogen-bond acceptors (Lipinski definition) is 4. The highest BCUT2D eigenvalue weighted by molar-refractivity contribution is 7.78. The van der Waals surface area contributed by atoms with Crippen LogP contribution in [0.2, 0.25) is 0 Å². The minimum absolute atomic E-state index is 0.136. The highest BCUT2D eigenvalue weighted by Gasteiger charge is 2.29. The number of fused-ring (bicyclic) bond motifs is 2. The Hall–Kier alpha value is -2.42. The van der Waals surface area contributed by atoms with Crippen molar-refractivity contribution in [3.63, 3.8) is 0 Å². The molecule has 0 unspecified atom stereocenters. The van der Waals surface area contributed by atoms with Crippen LogP contribution in [0, 0.1) is 0 Å². The molecule has 1 aliphatic carbocycles. The minimum Gasteiger partial charge on any atom is -0.289 e. The van der Waals surface area contributed by atoms with Crippen molar-refractivity contribution in [3.8, 4) is 0 Å². The van der Waals surface area contributed by atoms with Crippen LogP contribution in [0.3, 0.4) is 0 Å². The van der Waals surface area contributed by atoms with Crippen molar-refractivity contribution in [1.29, 1.82) is 0 Å². The highest BCUT2D eigenvalue weighted by atomic mass is 32.1. The number of thiocarbonyl (C=S) groups is 1. The number of carbonyl (C=O) groups is 2. The van der Waals surface area contributed by atoms with E-state index in [0.717, 1.165) is 0 Å². The number of hydrogen-bond donors (Lipinski definition) is 0. The predicted molar refractivity (Wildman–Crippen MR) is 74.4 cm³/mol. The Bertz CT molecular complexity index is 773. The Balaban J connectivity index is 2.26. The fourth-order valence-electron chi connectivity index (χ4n) is 2.21. The molecule has 3 nitrogen and oxygen atoms in total. The van der Waals surface area contributed by atoms with Crippen molar-refractivity contribution in [2.24, 2.45) is 4.99 Å². The number of nitrogens with zero attached hydrogens (tertiary/aromatic N) is 1. The maximum Gasteiger partial charge on any atom is 0.194 e. The second kappa shape index (κ2) is 4.35. The summed E-state index contributed by atoms with van der Waals surface area (Å²) in [5, 5.41) is 2.25. The molecular weight excluding hydrogens is 258 g/mol. The maximum atomic E-state index is 12.4. The molecule has 0 bridgehead atoms. The van der Waals surface area contributed by atoms with Gasteiger partial charge >= 0.3 is 0 Å². The fraction of sp³-hybridized carbons (Fsp3) is 0. The van der Waals surface area contributed by atoms with Gasteiger partial charge in [0, 0.05) is 22.3 Å². The van der Waals surface area contributed by atoms with Crippen molar-refractivity contribution in [2.75, 3.05) is 0 Å². The van der Waals surface area contributed by atoms with Crippen LogP contribution in [0.1, 0.15) is 31.8 Å². The van der Waals surface area contributed by atoms with Crippen molar-refractivity contribution in [1.82, 2.24) is 0 Å². The molecule has 0 heterocycles. The molecule has 0 saturated heterocycles. The van der Waals surface area contributed by atoms with Gasteiger partial charge < -0.3 is 0 Å². The first kappa shape index (κ1) is 11.7. The summed E-state index contributed by atoms with van der Waals surface area (Å²) in [6.07, 6.45) is 0. The zero-order chi connectivity index (χ0) is 13.4. The normalized spacial score (nSPS) is 12.4. The van der Waals surface area contributed by atoms with Gasteiger partial charge in [-0.15, -0.1) is 0 Å². The molecule has 0 atom stereocenters. The monoisotopic (exact) mass is 265 g/mol. The average Bonchev–Trinajstić information content (AvgIpc) is 2.45. The predicted octanol–water partition coefficient (Wildman–Crippen LogP) is 3.20. The summed E-state index contributed by atoms with van der Waals surface area (Å²) < 4.78 is 0. The number of ketones is 2. The van der Waals surface area contributed by atoms with Crippen LogP contribution in [0.25, 0.3) is 0 Å². The van der Waals surface area contributed by atoms with E-state index in [1.165, 1.54) is 0 Å². The third-order valence-corrected chi connectivity index (χ3v) is 3.17. The van der Waals surface area contributed by atoms with Gasteiger partial charge in [0.25, 0.3) is 0 Å². The summed E-state index contributed by atoms with van der Waals surface area (Å²) in [6, 6.07) is 11.7. The molecule has 90 valence electrons. The van der Waals surface area contributed by atoms with Gasteiger partial charge in [-0.25, -0.2) is 0 Å². The first-order valence-electron chi connectivity index (χ1n) is 5.62. The van der Waals surface area contributed by atoms with Crippen LogP contribution >= 0.6 is 12.2 Å². The van der Waals surface area contributed by atoms with E-state index in [2.05, 4.69) is 22.4 Å². The summed E-state index contributed by atoms with van der Waals surface area (Å²) in [4.78, 5) is 28.5. The lowest BCUT2D eigenvalue weighted by Gasteiger charge is -2.17. The molecule has 2 aromatic carbocycles. The molecule has 2 aromatic rings. The van der Waals surface area contributed by atoms with E-state index < -0.39 is 0 Å². The second-order valence-electron chi connectivity index (χ2n) is 4.14. The zero-order valence-corrected chi connectivity index (χ0v) is 10.5. The third kappa shape index (κ3) is 1.74. The number of rotatable bonds is 1. The minimum atomic E-state index is -0.161. The van der Waals surface area contributed by atoms with Gasteiger partial charge in [0.15, 0.2) is 11.6 Å². The molecular formula is C15H7NO2S. The molecule has 0 saturated carbocycles. The van der Waals surface area contributed by atoms with E-state index in [1.54, 1.807) is 42.5 Å². The number of carbonyl (C=O) groups excluding carboxylic acids is 2. The van der Waals surface area contributed by atoms with E-state index in [9.17, 15) is 9.59 Å². The average molecular weight is 265 g/mol. The van der Waals surface area contributed by atoms with Gasteiger partial charge in [0.05, 0.1) is 10.8 Å². The van der Waals surface area contributed by atoms with Gasteiger partial charge in [-0.1, -0.05) is 24.3 Å². The van der Waals surface area contributed by atoms with E-state index in [-0.39, 0.29) is 11.6 Å². The molecule has 0 amide bonds. The van der Waals surface area contributed by atoms with Crippen molar-refractivity contribution < 1.29 is 9.59 Å². The Morgan fingerprint density at radius 2 is 1.42 bits per heavy atom. The Labute approximate surface area is 114 Å². The SMILES string of the molecule is O=C1c2ccccc2C(=O)c2cc(N=C=S)ccc21. The van der Waals surface area contributed by atoms with Crippen LogP contribution in [0.15, 0.2) is 47.5 Å². The van der Waals surface area contributed by atoms with Crippen LogP contribution < -0.4 is 0 Å². The first-order valence-corrected chi connectivity index (χ1v) is 6.03. The van der Waals surface area contributed by atoms with Crippen LogP contribution in [-0.2, 0) is 0 Å². The zero-order valence-electron chi connectivity index (χ0n) is 9.71. The molecule has 0 N–H and O–H groups in total. The van der Waals surface area contributed by atoms with Gasteiger partial charge in [-0.05, 0) is 30.4 Å². The second-order valence-corrected chi connectivity index (χ2v) is 4.32. The quantitative estimate of drug-likeness (QED) is 0.501. The molecule has 0 fully saturated rings. The molecule has 0 aromatic heterocycles. The lowest BCUT2D eigenvalue weighted by atomic mass is 9.84. The Kier molecular flexibility index (Phi) is 2.67. The lowest BCUT2D eigenvalue weighted by molar-refractivity contribution is 0.0979. The molecule has 3 rings (SSSR count). The molecule has 0 aliphatic heterocycles. The molecule has 0 spiro atoms. The topological polar surface area (TPSA) is 46.5 Å². The van der Waals surface area contributed by atoms with Crippen molar-refractivity contribution in [2.45, 2.75) is 0 Å². The summed E-state index contributed by atoms with van der Waals surface area (Å²) >= 11 is 4.54. The van der Waals surface area contributed by atoms with Crippen LogP contribution in [0.4, 0.5) is 5.69 Å². The van der Waals surface area contributed by atoms with E-state index in [1.807, 2.05) is 0 Å². The number of isothiocyanates is 1. The summed E-state index contributed by atoms with van der Waals surface area (Å²) in [5.41, 5.74) is 2.19. The number of benzene rings is 2. The standard InChI is InChI=1S/C15H7NO2S/c17-14-10-3-1-2-4-11(10)15(18)13-7-9(16-8-19)5-6-12(13)14/h1-7H. The first-order chi connectivity index (χ1) is 9.22. The third-order valence-electron chi connectivity index (χ3n) is 3.08. The molecule has 1 aliphatic rings. The van der Waals surface area contributed by atoms with Crippen LogP contribution in [-0.4, -0.2) is 16.7 Å². The number of aliphatic imine (C=N–C) groups is 1. The maximum absolute atomic E-state index is 12.4. The summed E-state index contributed by atoms with van der Waals surface area (Å²) in [5.74, 6) is -0.297. The molecule has 4 heteroatoms. The summed E-state index contributed by atoms with van der Waals surface area (Å²) in [7, 11) is 0. The van der Waals surface area contributed by atoms with E-state index in [0.29, 0.717) is 27.9 Å². The molecule has 0 radical (unpaired) electrons. The smallest absolute Gasteiger partial charge is 0.194 e. The van der Waals surface area contributed by atoms with E-state index >= 15 is 0 Å². The summed E-state index contributed by atoms with van der Waals surface area (Å²) in [6.45, 7) is 0. The Morgan fingerprint density at radius 3 is 2.05 bits per heavy atom. The Morgan fingerprint density at radius 1 is 0.842 bits per heavy atom. The molecule has 19 heavy (non-hydrogen) atoms. The lowest BCUT2D eigenvalue weighted by Crippen LogP contribution is -2.20. The van der Waals surface area contributed by atoms with Gasteiger partial charge in [-0.2, -0.15) is 4.99 Å². The van der Waals surface area contributed by atoms with Crippen molar-refractivity contribution in [3.05, 3.63) is 64.7 Å². The largest absolute Gasteiger partial charge is 0.289 e. The van der Waals surface area contributed by atoms with Gasteiger partial charge in [0.1, 0.15) is 0 Å².